The van der Waals surface area contributed by atoms with Gasteiger partial charge >= 0.3 is 5.97 Å². The third-order valence-corrected chi connectivity index (χ3v) is 3.36. The van der Waals surface area contributed by atoms with Crippen LogP contribution in [0.15, 0.2) is 42.5 Å². The number of phenols is 3. The summed E-state index contributed by atoms with van der Waals surface area (Å²) in [5.74, 6) is -0.952. The Morgan fingerprint density at radius 3 is 2.46 bits per heavy atom. The molecule has 0 spiro atoms. The summed E-state index contributed by atoms with van der Waals surface area (Å²) in [7, 11) is 0. The Morgan fingerprint density at radius 2 is 1.75 bits per heavy atom. The summed E-state index contributed by atoms with van der Waals surface area (Å²) in [5.41, 5.74) is 1.75. The van der Waals surface area contributed by atoms with Crippen LogP contribution in [-0.2, 0) is 22.6 Å². The molecular formula is C18H18O6. The zero-order chi connectivity index (χ0) is 17.5. The van der Waals surface area contributed by atoms with Crippen LogP contribution in [0, 0.1) is 0 Å². The van der Waals surface area contributed by atoms with Crippen LogP contribution < -0.4 is 0 Å². The summed E-state index contributed by atoms with van der Waals surface area (Å²) in [6, 6.07) is 9.02. The highest BCUT2D eigenvalue weighted by Crippen LogP contribution is 2.25. The number of carbonyl (C=O) groups is 1. The van der Waals surface area contributed by atoms with E-state index in [0.717, 1.165) is 5.56 Å². The number of aliphatic hydroxyl groups excluding tert-OH is 1. The Kier molecular flexibility index (Phi) is 5.81. The SMILES string of the molecule is O=C(/C=C/c1ccc(O)c(CO)c1)OCCc1ccc(O)c(O)c1. The van der Waals surface area contributed by atoms with Gasteiger partial charge in [0.2, 0.25) is 0 Å². The van der Waals surface area contributed by atoms with Crippen LogP contribution in [-0.4, -0.2) is 33.0 Å². The lowest BCUT2D eigenvalue weighted by molar-refractivity contribution is -0.137. The summed E-state index contributed by atoms with van der Waals surface area (Å²) in [5, 5.41) is 37.1. The van der Waals surface area contributed by atoms with E-state index < -0.39 is 5.97 Å². The van der Waals surface area contributed by atoms with E-state index in [1.165, 1.54) is 30.4 Å². The second kappa shape index (κ2) is 8.03. The number of esters is 1. The molecule has 0 bridgehead atoms. The van der Waals surface area contributed by atoms with E-state index in [1.54, 1.807) is 18.2 Å². The van der Waals surface area contributed by atoms with Crippen LogP contribution in [0.4, 0.5) is 0 Å². The predicted molar refractivity (Wildman–Crippen MR) is 87.5 cm³/mol. The lowest BCUT2D eigenvalue weighted by atomic mass is 10.1. The second-order valence-electron chi connectivity index (χ2n) is 5.12. The van der Waals surface area contributed by atoms with Gasteiger partial charge in [0, 0.05) is 18.1 Å². The minimum absolute atomic E-state index is 0.00521. The fraction of sp³-hybridized carbons (Fsp3) is 0.167. The molecular weight excluding hydrogens is 312 g/mol. The first kappa shape index (κ1) is 17.4. The smallest absolute Gasteiger partial charge is 0.330 e. The number of carbonyl (C=O) groups excluding carboxylic acids is 1. The van der Waals surface area contributed by atoms with Crippen molar-refractivity contribution in [1.29, 1.82) is 0 Å². The molecule has 6 nitrogen and oxygen atoms in total. The highest BCUT2D eigenvalue weighted by Gasteiger charge is 2.03. The van der Waals surface area contributed by atoms with Crippen LogP contribution in [0.2, 0.25) is 0 Å². The van der Waals surface area contributed by atoms with Crippen molar-refractivity contribution in [1.82, 2.24) is 0 Å². The summed E-state index contributed by atoms with van der Waals surface area (Å²) < 4.78 is 5.05. The third-order valence-electron chi connectivity index (χ3n) is 3.36. The van der Waals surface area contributed by atoms with Crippen LogP contribution in [0.5, 0.6) is 17.2 Å². The molecule has 0 unspecified atom stereocenters. The Bertz CT molecular complexity index is 751. The van der Waals surface area contributed by atoms with Gasteiger partial charge in [-0.2, -0.15) is 0 Å². The molecule has 0 aromatic heterocycles. The lowest BCUT2D eigenvalue weighted by Gasteiger charge is -2.04. The molecule has 0 amide bonds. The normalized spacial score (nSPS) is 10.9. The van der Waals surface area contributed by atoms with Gasteiger partial charge in [-0.1, -0.05) is 12.1 Å². The molecule has 2 rings (SSSR count). The molecule has 2 aromatic rings. The van der Waals surface area contributed by atoms with Gasteiger partial charge in [-0.15, -0.1) is 0 Å². The molecule has 4 N–H and O–H groups in total. The highest BCUT2D eigenvalue weighted by atomic mass is 16.5. The highest BCUT2D eigenvalue weighted by molar-refractivity contribution is 5.87. The molecule has 0 aliphatic heterocycles. The van der Waals surface area contributed by atoms with Crippen molar-refractivity contribution in [2.24, 2.45) is 0 Å². The minimum atomic E-state index is -0.531. The number of aliphatic hydroxyl groups is 1. The number of phenolic OH excluding ortho intramolecular Hbond substituents is 2. The van der Waals surface area contributed by atoms with Crippen molar-refractivity contribution in [2.45, 2.75) is 13.0 Å². The molecule has 0 radical (unpaired) electrons. The van der Waals surface area contributed by atoms with Gasteiger partial charge in [-0.05, 0) is 41.5 Å². The molecule has 0 saturated heterocycles. The fourth-order valence-electron chi connectivity index (χ4n) is 2.04. The number of aromatic hydroxyl groups is 3. The maximum atomic E-state index is 11.7. The Labute approximate surface area is 138 Å². The number of benzene rings is 2. The first-order chi connectivity index (χ1) is 11.5. The van der Waals surface area contributed by atoms with Gasteiger partial charge < -0.3 is 25.2 Å². The molecule has 0 fully saturated rings. The first-order valence-corrected chi connectivity index (χ1v) is 7.28. The largest absolute Gasteiger partial charge is 0.508 e. The average molecular weight is 330 g/mol. The fourth-order valence-corrected chi connectivity index (χ4v) is 2.04. The van der Waals surface area contributed by atoms with E-state index in [0.29, 0.717) is 17.5 Å². The molecule has 6 heteroatoms. The molecule has 0 atom stereocenters. The summed E-state index contributed by atoms with van der Waals surface area (Å²) in [6.07, 6.45) is 3.18. The van der Waals surface area contributed by atoms with Gasteiger partial charge in [-0.3, -0.25) is 0 Å². The average Bonchev–Trinajstić information content (AvgIpc) is 2.57. The number of hydrogen-bond acceptors (Lipinski definition) is 6. The maximum absolute atomic E-state index is 11.7. The summed E-state index contributed by atoms with van der Waals surface area (Å²) in [6.45, 7) is -0.164. The zero-order valence-electron chi connectivity index (χ0n) is 12.8. The Morgan fingerprint density at radius 1 is 1.00 bits per heavy atom. The Hall–Kier alpha value is -2.99. The molecule has 0 saturated carbocycles. The zero-order valence-corrected chi connectivity index (χ0v) is 12.8. The van der Waals surface area contributed by atoms with Crippen LogP contribution >= 0.6 is 0 Å². The lowest BCUT2D eigenvalue weighted by Crippen LogP contribution is -2.04. The van der Waals surface area contributed by atoms with Crippen LogP contribution in [0.3, 0.4) is 0 Å². The van der Waals surface area contributed by atoms with Crippen molar-refractivity contribution in [3.05, 3.63) is 59.2 Å². The Balaban J connectivity index is 1.85. The van der Waals surface area contributed by atoms with Gasteiger partial charge in [0.15, 0.2) is 11.5 Å². The van der Waals surface area contributed by atoms with Crippen molar-refractivity contribution in [3.63, 3.8) is 0 Å². The predicted octanol–water partition coefficient (Wildman–Crippen LogP) is 2.09. The summed E-state index contributed by atoms with van der Waals surface area (Å²) >= 11 is 0. The van der Waals surface area contributed by atoms with Crippen molar-refractivity contribution >= 4 is 12.0 Å². The van der Waals surface area contributed by atoms with Crippen molar-refractivity contribution < 1.29 is 30.0 Å². The van der Waals surface area contributed by atoms with E-state index in [-0.39, 0.29) is 30.5 Å². The van der Waals surface area contributed by atoms with Crippen LogP contribution in [0.1, 0.15) is 16.7 Å². The topological polar surface area (TPSA) is 107 Å². The van der Waals surface area contributed by atoms with E-state index >= 15 is 0 Å². The van der Waals surface area contributed by atoms with Crippen molar-refractivity contribution in [3.8, 4) is 17.2 Å². The first-order valence-electron chi connectivity index (χ1n) is 7.28. The summed E-state index contributed by atoms with van der Waals surface area (Å²) in [4.78, 5) is 11.7. The van der Waals surface area contributed by atoms with E-state index in [2.05, 4.69) is 0 Å². The second-order valence-corrected chi connectivity index (χ2v) is 5.12. The van der Waals surface area contributed by atoms with E-state index in [1.807, 2.05) is 0 Å². The number of hydrogen-bond donors (Lipinski definition) is 4. The van der Waals surface area contributed by atoms with Gasteiger partial charge in [-0.25, -0.2) is 4.79 Å². The van der Waals surface area contributed by atoms with E-state index in [9.17, 15) is 20.1 Å². The maximum Gasteiger partial charge on any atom is 0.330 e. The molecule has 0 aliphatic carbocycles. The molecule has 24 heavy (non-hydrogen) atoms. The molecule has 0 aliphatic rings. The monoisotopic (exact) mass is 330 g/mol. The molecule has 2 aromatic carbocycles. The minimum Gasteiger partial charge on any atom is -0.508 e. The number of rotatable bonds is 6. The van der Waals surface area contributed by atoms with E-state index in [4.69, 9.17) is 9.84 Å². The molecule has 0 heterocycles. The van der Waals surface area contributed by atoms with Gasteiger partial charge in [0.05, 0.1) is 13.2 Å². The van der Waals surface area contributed by atoms with Crippen molar-refractivity contribution in [2.75, 3.05) is 6.61 Å². The van der Waals surface area contributed by atoms with Gasteiger partial charge in [0.1, 0.15) is 5.75 Å². The number of ether oxygens (including phenoxy) is 1. The van der Waals surface area contributed by atoms with Crippen LogP contribution in [0.25, 0.3) is 6.08 Å². The molecule has 126 valence electrons. The van der Waals surface area contributed by atoms with Gasteiger partial charge in [0.25, 0.3) is 0 Å². The standard InChI is InChI=1S/C18H18O6/c19-11-14-9-12(1-4-15(14)20)3-6-18(23)24-8-7-13-2-5-16(21)17(22)10-13/h1-6,9-10,19-22H,7-8,11H2/b6-3+. The quantitative estimate of drug-likeness (QED) is 0.367. The third kappa shape index (κ3) is 4.76.